The van der Waals surface area contributed by atoms with Crippen molar-refractivity contribution in [2.75, 3.05) is 0 Å². The smallest absolute Gasteiger partial charge is 0.0695 e. The Hall–Kier alpha value is -1.13. The summed E-state index contributed by atoms with van der Waals surface area (Å²) >= 11 is 0. The van der Waals surface area contributed by atoms with Crippen molar-refractivity contribution >= 4 is 26.5 Å². The fraction of sp³-hybridized carbons (Fsp3) is 0.600. The van der Waals surface area contributed by atoms with Gasteiger partial charge in [0.05, 0.1) is 0 Å². The van der Waals surface area contributed by atoms with Gasteiger partial charge in [0, 0.05) is 8.07 Å². The van der Waals surface area contributed by atoms with E-state index in [2.05, 4.69) is 108 Å². The van der Waals surface area contributed by atoms with Crippen molar-refractivity contribution in [1.29, 1.82) is 0 Å². The highest BCUT2D eigenvalue weighted by Crippen LogP contribution is 2.59. The number of hydrogen-bond donors (Lipinski definition) is 0. The van der Waals surface area contributed by atoms with Crippen LogP contribution in [0.5, 0.6) is 0 Å². The van der Waals surface area contributed by atoms with Gasteiger partial charge in [0.25, 0.3) is 0 Å². The third-order valence-corrected chi connectivity index (χ3v) is 18.0. The van der Waals surface area contributed by atoms with Crippen molar-refractivity contribution in [2.24, 2.45) is 29.6 Å². The van der Waals surface area contributed by atoms with Gasteiger partial charge in [-0.3, -0.25) is 0 Å². The van der Waals surface area contributed by atoms with Crippen molar-refractivity contribution in [3.05, 3.63) is 60.7 Å². The number of rotatable bonds is 6. The summed E-state index contributed by atoms with van der Waals surface area (Å²) in [4.78, 5) is 0. The average Bonchev–Trinajstić information content (AvgIpc) is 3.30. The summed E-state index contributed by atoms with van der Waals surface area (Å²) in [5, 5.41) is 3.43. The van der Waals surface area contributed by atoms with E-state index in [1.54, 1.807) is 10.4 Å². The van der Waals surface area contributed by atoms with Gasteiger partial charge in [-0.2, -0.15) is 0 Å². The molecule has 4 rings (SSSR count). The molecule has 0 saturated heterocycles. The van der Waals surface area contributed by atoms with Gasteiger partial charge in [-0.1, -0.05) is 137 Å². The summed E-state index contributed by atoms with van der Waals surface area (Å²) in [6.45, 7) is 18.0. The first-order valence-corrected chi connectivity index (χ1v) is 19.1. The first kappa shape index (κ1) is 24.0. The lowest BCUT2D eigenvalue weighted by Gasteiger charge is -2.47. The van der Waals surface area contributed by atoms with E-state index in [1.165, 1.54) is 25.3 Å². The predicted octanol–water partition coefficient (Wildman–Crippen LogP) is 7.69. The molecule has 0 nitrogen and oxygen atoms in total. The van der Waals surface area contributed by atoms with Crippen LogP contribution in [-0.4, -0.2) is 16.1 Å². The summed E-state index contributed by atoms with van der Waals surface area (Å²) in [5.41, 5.74) is 1.70. The van der Waals surface area contributed by atoms with E-state index in [-0.39, 0.29) is 0 Å². The van der Waals surface area contributed by atoms with Gasteiger partial charge in [0.2, 0.25) is 0 Å². The summed E-state index contributed by atoms with van der Waals surface area (Å²) in [5.74, 6) is 4.17. The van der Waals surface area contributed by atoms with Crippen LogP contribution in [0.1, 0.15) is 47.0 Å². The monoisotopic (exact) mass is 462 g/mol. The standard InChI is InChI=1S/C30H46Si2/c1-22-23(2)25(4)30(24(22)3)32(27-14-10-8-11-15-27,28-16-12-9-13-17-28)29-19-18-26(20-29)21-31(5,6)7/h8-17,22-26,29-30H,18-21H2,1-7H3. The first-order chi connectivity index (χ1) is 15.2. The molecule has 0 N–H and O–H groups in total. The summed E-state index contributed by atoms with van der Waals surface area (Å²) in [6, 6.07) is 25.4. The van der Waals surface area contributed by atoms with E-state index in [4.69, 9.17) is 0 Å². The Balaban J connectivity index is 1.89. The Morgan fingerprint density at radius 3 is 1.56 bits per heavy atom. The fourth-order valence-corrected chi connectivity index (χ4v) is 18.0. The maximum Gasteiger partial charge on any atom is 0.124 e. The molecule has 2 aromatic rings. The van der Waals surface area contributed by atoms with Crippen LogP contribution in [-0.2, 0) is 0 Å². The Morgan fingerprint density at radius 1 is 0.656 bits per heavy atom. The van der Waals surface area contributed by atoms with Crippen molar-refractivity contribution in [3.8, 4) is 0 Å². The lowest BCUT2D eigenvalue weighted by atomic mass is 9.92. The largest absolute Gasteiger partial charge is 0.124 e. The van der Waals surface area contributed by atoms with Gasteiger partial charge in [-0.15, -0.1) is 0 Å². The molecular weight excluding hydrogens is 417 g/mol. The quantitative estimate of drug-likeness (QED) is 0.386. The second-order valence-corrected chi connectivity index (χ2v) is 22.6. The van der Waals surface area contributed by atoms with E-state index in [1.807, 2.05) is 0 Å². The molecule has 0 aliphatic heterocycles. The molecule has 32 heavy (non-hydrogen) atoms. The lowest BCUT2D eigenvalue weighted by Crippen LogP contribution is -2.66. The molecule has 0 radical (unpaired) electrons. The van der Waals surface area contributed by atoms with E-state index in [9.17, 15) is 0 Å². The molecule has 2 heteroatoms. The molecule has 0 amide bonds. The van der Waals surface area contributed by atoms with Gasteiger partial charge in [-0.05, 0) is 47.1 Å². The van der Waals surface area contributed by atoms with Crippen LogP contribution >= 0.6 is 0 Å². The minimum atomic E-state index is -1.99. The Kier molecular flexibility index (Phi) is 6.95. The van der Waals surface area contributed by atoms with Crippen LogP contribution < -0.4 is 10.4 Å². The summed E-state index contributed by atoms with van der Waals surface area (Å²) in [7, 11) is -3.03. The highest BCUT2D eigenvalue weighted by molar-refractivity contribution is 7.04. The predicted molar refractivity (Wildman–Crippen MR) is 148 cm³/mol. The highest BCUT2D eigenvalue weighted by Gasteiger charge is 2.59. The van der Waals surface area contributed by atoms with Crippen LogP contribution in [0.2, 0.25) is 36.8 Å². The molecule has 6 unspecified atom stereocenters. The van der Waals surface area contributed by atoms with Crippen molar-refractivity contribution in [2.45, 2.75) is 83.7 Å². The zero-order chi connectivity index (χ0) is 23.1. The molecule has 0 aromatic heterocycles. The summed E-state index contributed by atoms with van der Waals surface area (Å²) < 4.78 is 0. The Morgan fingerprint density at radius 2 is 1.12 bits per heavy atom. The van der Waals surface area contributed by atoms with Crippen LogP contribution in [0.15, 0.2) is 60.7 Å². The molecule has 6 atom stereocenters. The van der Waals surface area contributed by atoms with Crippen molar-refractivity contribution < 1.29 is 0 Å². The van der Waals surface area contributed by atoms with Gasteiger partial charge < -0.3 is 0 Å². The highest BCUT2D eigenvalue weighted by atomic mass is 28.3. The van der Waals surface area contributed by atoms with Crippen LogP contribution in [0.3, 0.4) is 0 Å². The molecular formula is C30H46Si2. The molecule has 0 bridgehead atoms. The van der Waals surface area contributed by atoms with E-state index in [0.29, 0.717) is 0 Å². The third kappa shape index (κ3) is 4.22. The van der Waals surface area contributed by atoms with Crippen LogP contribution in [0.4, 0.5) is 0 Å². The number of benzene rings is 2. The maximum atomic E-state index is 2.61. The van der Waals surface area contributed by atoms with E-state index < -0.39 is 16.1 Å². The molecule has 2 aromatic carbocycles. The van der Waals surface area contributed by atoms with Crippen molar-refractivity contribution in [3.63, 3.8) is 0 Å². The molecule has 174 valence electrons. The Bertz CT molecular complexity index is 815. The molecule has 2 aliphatic carbocycles. The lowest BCUT2D eigenvalue weighted by molar-refractivity contribution is 0.352. The zero-order valence-electron chi connectivity index (χ0n) is 21.6. The SMILES string of the molecule is CC1C(C)C(C)C([Si](c2ccccc2)(c2ccccc2)C2CCC(C[Si](C)(C)C)C2)C1C. The normalized spacial score (nSPS) is 33.5. The van der Waals surface area contributed by atoms with Gasteiger partial charge in [0.15, 0.2) is 0 Å². The van der Waals surface area contributed by atoms with E-state index >= 15 is 0 Å². The molecule has 0 heterocycles. The average molecular weight is 463 g/mol. The minimum Gasteiger partial charge on any atom is -0.0695 e. The second-order valence-electron chi connectivity index (χ2n) is 12.7. The molecule has 2 aliphatic rings. The van der Waals surface area contributed by atoms with Crippen LogP contribution in [0, 0.1) is 29.6 Å². The Labute approximate surface area is 200 Å². The molecule has 0 spiro atoms. The maximum absolute atomic E-state index is 2.61. The van der Waals surface area contributed by atoms with Crippen LogP contribution in [0.25, 0.3) is 0 Å². The first-order valence-electron chi connectivity index (χ1n) is 13.3. The topological polar surface area (TPSA) is 0 Å². The van der Waals surface area contributed by atoms with Gasteiger partial charge in [0.1, 0.15) is 8.07 Å². The zero-order valence-corrected chi connectivity index (χ0v) is 23.6. The minimum absolute atomic E-state index is 0.795. The van der Waals surface area contributed by atoms with Gasteiger partial charge in [-0.25, -0.2) is 0 Å². The molecule has 2 fully saturated rings. The van der Waals surface area contributed by atoms with Gasteiger partial charge >= 0.3 is 0 Å². The fourth-order valence-electron chi connectivity index (χ4n) is 8.18. The van der Waals surface area contributed by atoms with E-state index in [0.717, 1.165) is 40.7 Å². The summed E-state index contributed by atoms with van der Waals surface area (Å²) in [6.07, 6.45) is 4.38. The van der Waals surface area contributed by atoms with Crippen molar-refractivity contribution in [1.82, 2.24) is 0 Å². The number of hydrogen-bond acceptors (Lipinski definition) is 0. The molecule has 2 saturated carbocycles. The third-order valence-electron chi connectivity index (χ3n) is 9.74. The second kappa shape index (κ2) is 9.26.